The van der Waals surface area contributed by atoms with Gasteiger partial charge in [0.05, 0.1) is 6.61 Å². The fraction of sp³-hybridized carbons (Fsp3) is 0.800. The highest BCUT2D eigenvalue weighted by molar-refractivity contribution is 6.17. The fourth-order valence-corrected chi connectivity index (χ4v) is 1.54. The number of alkyl halides is 1. The minimum Gasteiger partial charge on any atom is -0.480 e. The molecule has 1 N–H and O–H groups in total. The van der Waals surface area contributed by atoms with E-state index in [0.29, 0.717) is 12.3 Å². The molecule has 0 spiro atoms. The Hall–Kier alpha value is -0.770. The number of carbonyl (C=O) groups excluding carboxylic acids is 1. The van der Waals surface area contributed by atoms with Gasteiger partial charge in [0.2, 0.25) is 0 Å². The Balaban J connectivity index is 4.79. The van der Waals surface area contributed by atoms with Crippen LogP contribution < -0.4 is 0 Å². The third-order valence-corrected chi connectivity index (χ3v) is 2.68. The van der Waals surface area contributed by atoms with E-state index >= 15 is 0 Å². The predicted octanol–water partition coefficient (Wildman–Crippen LogP) is 2.05. The van der Waals surface area contributed by atoms with E-state index in [1.54, 1.807) is 13.8 Å². The van der Waals surface area contributed by atoms with Crippen LogP contribution in [0, 0.1) is 5.41 Å². The van der Waals surface area contributed by atoms with E-state index in [4.69, 9.17) is 21.4 Å². The van der Waals surface area contributed by atoms with Gasteiger partial charge in [-0.1, -0.05) is 6.92 Å². The number of rotatable bonds is 7. The first-order valence-electron chi connectivity index (χ1n) is 5.01. The molecule has 0 amide bonds. The van der Waals surface area contributed by atoms with Gasteiger partial charge in [0.25, 0.3) is 0 Å². The van der Waals surface area contributed by atoms with Crippen LogP contribution in [-0.4, -0.2) is 29.5 Å². The van der Waals surface area contributed by atoms with E-state index in [1.165, 1.54) is 0 Å². The van der Waals surface area contributed by atoms with E-state index in [0.717, 1.165) is 0 Å². The summed E-state index contributed by atoms with van der Waals surface area (Å²) < 4.78 is 4.79. The van der Waals surface area contributed by atoms with Crippen molar-refractivity contribution < 1.29 is 19.4 Å². The Morgan fingerprint density at radius 3 is 2.33 bits per heavy atom. The summed E-state index contributed by atoms with van der Waals surface area (Å²) in [4.78, 5) is 22.7. The van der Waals surface area contributed by atoms with E-state index < -0.39 is 17.4 Å². The number of carboxylic acids is 1. The highest BCUT2D eigenvalue weighted by Gasteiger charge is 2.45. The minimum atomic E-state index is -1.43. The van der Waals surface area contributed by atoms with Crippen LogP contribution in [0.5, 0.6) is 0 Å². The molecule has 5 heteroatoms. The van der Waals surface area contributed by atoms with E-state index in [9.17, 15) is 9.59 Å². The van der Waals surface area contributed by atoms with Gasteiger partial charge in [0.1, 0.15) is 0 Å². The largest absolute Gasteiger partial charge is 0.480 e. The van der Waals surface area contributed by atoms with Crippen molar-refractivity contribution in [2.45, 2.75) is 33.1 Å². The van der Waals surface area contributed by atoms with Gasteiger partial charge in [0.15, 0.2) is 5.41 Å². The van der Waals surface area contributed by atoms with Crippen LogP contribution in [0.2, 0.25) is 0 Å². The number of aliphatic carboxylic acids is 1. The van der Waals surface area contributed by atoms with Gasteiger partial charge >= 0.3 is 11.9 Å². The van der Waals surface area contributed by atoms with E-state index in [1.807, 2.05) is 0 Å². The molecule has 0 radical (unpaired) electrons. The van der Waals surface area contributed by atoms with Crippen LogP contribution >= 0.6 is 11.6 Å². The quantitative estimate of drug-likeness (QED) is 0.418. The lowest BCUT2D eigenvalue weighted by Gasteiger charge is -2.25. The summed E-state index contributed by atoms with van der Waals surface area (Å²) in [6, 6.07) is 0. The molecular weight excluding hydrogens is 220 g/mol. The SMILES string of the molecule is CCOC(=O)C(CC)(CCCCl)C(=O)O. The van der Waals surface area contributed by atoms with Crippen molar-refractivity contribution in [3.05, 3.63) is 0 Å². The van der Waals surface area contributed by atoms with Crippen molar-refractivity contribution in [3.8, 4) is 0 Å². The number of carboxylic acid groups (broad SMARTS) is 1. The van der Waals surface area contributed by atoms with Crippen LogP contribution in [0.3, 0.4) is 0 Å². The molecule has 0 rings (SSSR count). The summed E-state index contributed by atoms with van der Waals surface area (Å²) in [6.07, 6.45) is 0.930. The second-order valence-electron chi connectivity index (χ2n) is 3.25. The van der Waals surface area contributed by atoms with Gasteiger partial charge in [-0.2, -0.15) is 0 Å². The van der Waals surface area contributed by atoms with Gasteiger partial charge in [-0.3, -0.25) is 9.59 Å². The highest BCUT2D eigenvalue weighted by atomic mass is 35.5. The molecule has 0 saturated carbocycles. The Labute approximate surface area is 94.6 Å². The summed E-state index contributed by atoms with van der Waals surface area (Å²) in [5.41, 5.74) is -1.43. The zero-order chi connectivity index (χ0) is 11.9. The third-order valence-electron chi connectivity index (χ3n) is 2.42. The van der Waals surface area contributed by atoms with Crippen LogP contribution in [0.4, 0.5) is 0 Å². The van der Waals surface area contributed by atoms with E-state index in [-0.39, 0.29) is 19.4 Å². The van der Waals surface area contributed by atoms with Crippen molar-refractivity contribution in [1.29, 1.82) is 0 Å². The smallest absolute Gasteiger partial charge is 0.323 e. The molecule has 0 aromatic rings. The van der Waals surface area contributed by atoms with Crippen LogP contribution in [0.25, 0.3) is 0 Å². The van der Waals surface area contributed by atoms with Gasteiger partial charge in [0, 0.05) is 5.88 Å². The highest BCUT2D eigenvalue weighted by Crippen LogP contribution is 2.30. The number of carbonyl (C=O) groups is 2. The fourth-order valence-electron chi connectivity index (χ4n) is 1.41. The maximum Gasteiger partial charge on any atom is 0.323 e. The second kappa shape index (κ2) is 6.67. The molecule has 0 aliphatic heterocycles. The zero-order valence-corrected chi connectivity index (χ0v) is 9.84. The maximum atomic E-state index is 11.6. The first kappa shape index (κ1) is 14.2. The Kier molecular flexibility index (Phi) is 6.32. The lowest BCUT2D eigenvalue weighted by atomic mass is 9.81. The van der Waals surface area contributed by atoms with Crippen molar-refractivity contribution in [2.24, 2.45) is 5.41 Å². The average Bonchev–Trinajstić information content (AvgIpc) is 2.19. The Bertz CT molecular complexity index is 229. The van der Waals surface area contributed by atoms with Gasteiger partial charge in [-0.05, 0) is 26.2 Å². The van der Waals surface area contributed by atoms with Crippen molar-refractivity contribution in [2.75, 3.05) is 12.5 Å². The second-order valence-corrected chi connectivity index (χ2v) is 3.63. The summed E-state index contributed by atoms with van der Waals surface area (Å²) in [5, 5.41) is 9.10. The van der Waals surface area contributed by atoms with Gasteiger partial charge in [-0.25, -0.2) is 0 Å². The molecule has 15 heavy (non-hydrogen) atoms. The molecule has 1 unspecified atom stereocenters. The normalized spacial score (nSPS) is 14.3. The van der Waals surface area contributed by atoms with Crippen molar-refractivity contribution in [3.63, 3.8) is 0 Å². The molecule has 0 saturated heterocycles. The maximum absolute atomic E-state index is 11.6. The topological polar surface area (TPSA) is 63.6 Å². The van der Waals surface area contributed by atoms with Crippen LogP contribution in [0.15, 0.2) is 0 Å². The number of hydrogen-bond donors (Lipinski definition) is 1. The summed E-state index contributed by atoms with van der Waals surface area (Å²) in [7, 11) is 0. The molecule has 0 aliphatic rings. The number of halogens is 1. The molecule has 1 atom stereocenters. The van der Waals surface area contributed by atoms with Crippen molar-refractivity contribution >= 4 is 23.5 Å². The zero-order valence-electron chi connectivity index (χ0n) is 9.09. The van der Waals surface area contributed by atoms with E-state index in [2.05, 4.69) is 0 Å². The first-order chi connectivity index (χ1) is 7.05. The molecular formula is C10H17ClO4. The molecule has 0 aromatic heterocycles. The number of hydrogen-bond acceptors (Lipinski definition) is 3. The molecule has 0 bridgehead atoms. The van der Waals surface area contributed by atoms with Crippen LogP contribution in [-0.2, 0) is 14.3 Å². The first-order valence-corrected chi connectivity index (χ1v) is 5.55. The third kappa shape index (κ3) is 3.38. The average molecular weight is 237 g/mol. The Morgan fingerprint density at radius 2 is 2.00 bits per heavy atom. The monoisotopic (exact) mass is 236 g/mol. The molecule has 0 aliphatic carbocycles. The molecule has 0 aromatic carbocycles. The predicted molar refractivity (Wildman–Crippen MR) is 56.9 cm³/mol. The Morgan fingerprint density at radius 1 is 1.40 bits per heavy atom. The molecule has 0 heterocycles. The lowest BCUT2D eigenvalue weighted by molar-refractivity contribution is -0.169. The minimum absolute atomic E-state index is 0.189. The standard InChI is InChI=1S/C10H17ClO4/c1-3-10(8(12)13,6-5-7-11)9(14)15-4-2/h3-7H2,1-2H3,(H,12,13). The summed E-state index contributed by atoms with van der Waals surface area (Å²) >= 11 is 5.51. The van der Waals surface area contributed by atoms with Gasteiger partial charge < -0.3 is 9.84 Å². The van der Waals surface area contributed by atoms with Crippen LogP contribution in [0.1, 0.15) is 33.1 Å². The molecule has 4 nitrogen and oxygen atoms in total. The number of esters is 1. The summed E-state index contributed by atoms with van der Waals surface area (Å²) in [6.45, 7) is 3.51. The summed E-state index contributed by atoms with van der Waals surface area (Å²) in [5.74, 6) is -1.45. The van der Waals surface area contributed by atoms with Gasteiger partial charge in [-0.15, -0.1) is 11.6 Å². The lowest BCUT2D eigenvalue weighted by Crippen LogP contribution is -2.40. The molecule has 0 fully saturated rings. The molecule has 88 valence electrons. The van der Waals surface area contributed by atoms with Crippen molar-refractivity contribution in [1.82, 2.24) is 0 Å². The number of ether oxygens (including phenoxy) is 1.